The van der Waals surface area contributed by atoms with Crippen molar-refractivity contribution in [2.75, 3.05) is 50.7 Å². The molecule has 1 aliphatic heterocycles. The first-order chi connectivity index (χ1) is 24.3. The Morgan fingerprint density at radius 1 is 0.961 bits per heavy atom. The Kier molecular flexibility index (Phi) is 18.6. The van der Waals surface area contributed by atoms with E-state index in [0.717, 1.165) is 16.7 Å². The lowest BCUT2D eigenvalue weighted by Gasteiger charge is -2.30. The maximum atomic E-state index is 13.5. The molecule has 0 bridgehead atoms. The Morgan fingerprint density at radius 2 is 1.63 bits per heavy atom. The van der Waals surface area contributed by atoms with Crippen molar-refractivity contribution in [3.8, 4) is 0 Å². The lowest BCUT2D eigenvalue weighted by Crippen LogP contribution is -2.62. The quantitative estimate of drug-likeness (QED) is 0.0444. The van der Waals surface area contributed by atoms with Gasteiger partial charge in [-0.2, -0.15) is 0 Å². The van der Waals surface area contributed by atoms with Crippen LogP contribution in [0.2, 0.25) is 0 Å². The molecule has 0 saturated carbocycles. The molecule has 19 heteroatoms. The zero-order valence-electron chi connectivity index (χ0n) is 29.5. The van der Waals surface area contributed by atoms with E-state index in [1.165, 1.54) is 31.3 Å². The molecule has 6 atom stereocenters. The first kappa shape index (κ1) is 43.1. The van der Waals surface area contributed by atoms with Crippen LogP contribution >= 0.6 is 11.8 Å². The molecule has 280 valence electrons. The maximum absolute atomic E-state index is 13.5. The number of carbonyl (C=O) groups is 7. The number of thioether (sulfide) groups is 1. The highest BCUT2D eigenvalue weighted by Gasteiger charge is 2.40. The summed E-state index contributed by atoms with van der Waals surface area (Å²) in [4.78, 5) is 90.6. The standard InChI is InChI=1S/C32H48BN7O10S/c1-6-22(50-16-33)27(39-29(44)21(34)14-48-7-2)31(46)38-26(18(4)49-8-3)30(45)37-17-36-24(41)15-51-23-13-25(42)40(32(23)47)20-11-9-19(10-12-20)28(43)35-5/h9-12,18,21-23,26-27H,6-8,13-17,34H2,1-5H3,(H,35,43)(H,36,41)(H,37,45)(H,38,46)(H,39,44). The average Bonchev–Trinajstić information content (AvgIpc) is 3.41. The van der Waals surface area contributed by atoms with Gasteiger partial charge in [0.05, 0.1) is 42.2 Å². The third-order valence-electron chi connectivity index (χ3n) is 7.67. The van der Waals surface area contributed by atoms with Gasteiger partial charge in [0.15, 0.2) is 0 Å². The smallest absolute Gasteiger partial charge is 0.251 e. The van der Waals surface area contributed by atoms with Crippen molar-refractivity contribution in [2.45, 2.75) is 76.1 Å². The van der Waals surface area contributed by atoms with Gasteiger partial charge in [-0.05, 0) is 51.5 Å². The molecular formula is C32H48BN7O10S. The van der Waals surface area contributed by atoms with E-state index in [9.17, 15) is 33.6 Å². The largest absolute Gasteiger partial charge is 0.385 e. The molecule has 17 nitrogen and oxygen atoms in total. The molecule has 0 aliphatic carbocycles. The van der Waals surface area contributed by atoms with Crippen molar-refractivity contribution in [1.29, 1.82) is 0 Å². The van der Waals surface area contributed by atoms with Crippen LogP contribution in [-0.4, -0.2) is 131 Å². The Balaban J connectivity index is 2.00. The van der Waals surface area contributed by atoms with Gasteiger partial charge < -0.3 is 46.5 Å². The SMILES string of the molecule is [B]COC(CC)C(NC(=O)C(N)COCC)C(=O)NC(C(=O)NCNC(=O)CSC1CC(=O)N(c2ccc(C(=O)NC)cc2)C1=O)C(C)OCC. The molecule has 1 heterocycles. The fourth-order valence-corrected chi connectivity index (χ4v) is 5.92. The van der Waals surface area contributed by atoms with Crippen LogP contribution < -0.4 is 37.2 Å². The van der Waals surface area contributed by atoms with Crippen molar-refractivity contribution in [1.82, 2.24) is 26.6 Å². The van der Waals surface area contributed by atoms with E-state index in [-0.39, 0.29) is 50.9 Å². The Bertz CT molecular complexity index is 1370. The van der Waals surface area contributed by atoms with E-state index in [0.29, 0.717) is 17.9 Å². The van der Waals surface area contributed by atoms with Crippen LogP contribution in [0.15, 0.2) is 24.3 Å². The normalized spacial score (nSPS) is 17.1. The summed E-state index contributed by atoms with van der Waals surface area (Å²) in [5, 5.41) is 11.9. The van der Waals surface area contributed by atoms with Gasteiger partial charge in [-0.15, -0.1) is 11.8 Å². The summed E-state index contributed by atoms with van der Waals surface area (Å²) < 4.78 is 16.3. The highest BCUT2D eigenvalue weighted by atomic mass is 32.2. The number of imide groups is 1. The van der Waals surface area contributed by atoms with Gasteiger partial charge in [0.2, 0.25) is 35.4 Å². The van der Waals surface area contributed by atoms with Crippen molar-refractivity contribution in [2.24, 2.45) is 5.73 Å². The number of nitrogens with two attached hydrogens (primary N) is 1. The second kappa shape index (κ2) is 22.0. The fourth-order valence-electron chi connectivity index (χ4n) is 4.96. The first-order valence-corrected chi connectivity index (χ1v) is 17.6. The molecule has 51 heavy (non-hydrogen) atoms. The summed E-state index contributed by atoms with van der Waals surface area (Å²) >= 11 is 0.972. The molecule has 1 fully saturated rings. The van der Waals surface area contributed by atoms with Gasteiger partial charge in [0.1, 0.15) is 26.0 Å². The predicted molar refractivity (Wildman–Crippen MR) is 190 cm³/mol. The molecule has 2 radical (unpaired) electrons. The van der Waals surface area contributed by atoms with Gasteiger partial charge in [-0.3, -0.25) is 33.6 Å². The molecule has 2 rings (SSSR count). The molecule has 1 aromatic carbocycles. The number of ether oxygens (including phenoxy) is 3. The minimum absolute atomic E-state index is 0.0781. The second-order valence-electron chi connectivity index (χ2n) is 11.2. The highest BCUT2D eigenvalue weighted by Crippen LogP contribution is 2.29. The van der Waals surface area contributed by atoms with Crippen molar-refractivity contribution in [3.05, 3.63) is 29.8 Å². The van der Waals surface area contributed by atoms with Crippen LogP contribution in [0.5, 0.6) is 0 Å². The van der Waals surface area contributed by atoms with Crippen LogP contribution in [0, 0.1) is 0 Å². The number of rotatable bonds is 22. The van der Waals surface area contributed by atoms with E-state index in [1.54, 1.807) is 27.7 Å². The number of anilines is 1. The highest BCUT2D eigenvalue weighted by molar-refractivity contribution is 8.01. The van der Waals surface area contributed by atoms with Crippen LogP contribution in [0.3, 0.4) is 0 Å². The van der Waals surface area contributed by atoms with Crippen molar-refractivity contribution >= 4 is 66.6 Å². The third-order valence-corrected chi connectivity index (χ3v) is 8.87. The van der Waals surface area contributed by atoms with Gasteiger partial charge in [0, 0.05) is 38.8 Å². The van der Waals surface area contributed by atoms with E-state index >= 15 is 0 Å². The van der Waals surface area contributed by atoms with Crippen LogP contribution in [-0.2, 0) is 43.0 Å². The topological polar surface area (TPSA) is 237 Å². The van der Waals surface area contributed by atoms with Crippen LogP contribution in [0.25, 0.3) is 0 Å². The maximum Gasteiger partial charge on any atom is 0.251 e. The van der Waals surface area contributed by atoms with Gasteiger partial charge in [0.25, 0.3) is 5.91 Å². The Hall–Kier alpha value is -4.04. The monoisotopic (exact) mass is 733 g/mol. The van der Waals surface area contributed by atoms with E-state index < -0.39 is 71.0 Å². The van der Waals surface area contributed by atoms with Crippen LogP contribution in [0.4, 0.5) is 5.69 Å². The van der Waals surface area contributed by atoms with Gasteiger partial charge >= 0.3 is 0 Å². The van der Waals surface area contributed by atoms with Crippen molar-refractivity contribution in [3.63, 3.8) is 0 Å². The summed E-state index contributed by atoms with van der Waals surface area (Å²) in [5.74, 6) is -4.08. The first-order valence-electron chi connectivity index (χ1n) is 16.5. The lowest BCUT2D eigenvalue weighted by molar-refractivity contribution is -0.138. The summed E-state index contributed by atoms with van der Waals surface area (Å²) in [6, 6.07) is 2.39. The molecule has 1 saturated heterocycles. The molecule has 0 aromatic heterocycles. The minimum atomic E-state index is -1.28. The summed E-state index contributed by atoms with van der Waals surface area (Å²) in [5.41, 5.74) is 6.58. The molecule has 7 N–H and O–H groups in total. The molecule has 0 spiro atoms. The lowest BCUT2D eigenvalue weighted by atomic mass is 10.0. The Labute approximate surface area is 303 Å². The molecule has 7 amide bonds. The zero-order chi connectivity index (χ0) is 38.1. The van der Waals surface area contributed by atoms with Crippen LogP contribution in [0.1, 0.15) is 50.9 Å². The molecule has 1 aromatic rings. The van der Waals surface area contributed by atoms with Gasteiger partial charge in [-0.25, -0.2) is 4.90 Å². The summed E-state index contributed by atoms with van der Waals surface area (Å²) in [6.07, 6.45) is -1.52. The number of hydrogen-bond donors (Lipinski definition) is 6. The summed E-state index contributed by atoms with van der Waals surface area (Å²) in [6.45, 7) is 6.66. The van der Waals surface area contributed by atoms with Crippen molar-refractivity contribution < 1.29 is 47.8 Å². The van der Waals surface area contributed by atoms with E-state index in [4.69, 9.17) is 27.8 Å². The molecule has 6 unspecified atom stereocenters. The average molecular weight is 734 g/mol. The number of nitrogens with zero attached hydrogens (tertiary/aromatic N) is 1. The number of hydrogen-bond acceptors (Lipinski definition) is 12. The Morgan fingerprint density at radius 3 is 2.22 bits per heavy atom. The zero-order valence-corrected chi connectivity index (χ0v) is 30.3. The fraction of sp³-hybridized carbons (Fsp3) is 0.594. The minimum Gasteiger partial charge on any atom is -0.385 e. The number of amides is 7. The summed E-state index contributed by atoms with van der Waals surface area (Å²) in [7, 11) is 7.04. The number of benzene rings is 1. The number of nitrogens with one attached hydrogen (secondary N) is 5. The molecular weight excluding hydrogens is 685 g/mol. The van der Waals surface area contributed by atoms with E-state index in [2.05, 4.69) is 26.6 Å². The molecule has 1 aliphatic rings. The third kappa shape index (κ3) is 12.9. The van der Waals surface area contributed by atoms with Gasteiger partial charge in [-0.1, -0.05) is 6.92 Å². The number of carbonyl (C=O) groups excluding carboxylic acids is 7. The second-order valence-corrected chi connectivity index (χ2v) is 12.4. The van der Waals surface area contributed by atoms with E-state index in [1.807, 2.05) is 0 Å². The predicted octanol–water partition coefficient (Wildman–Crippen LogP) is -1.72.